The minimum absolute atomic E-state index is 0.153. The number of methoxy groups -OCH3 is 1. The molecule has 0 saturated carbocycles. The van der Waals surface area contributed by atoms with Gasteiger partial charge in [0.25, 0.3) is 0 Å². The summed E-state index contributed by atoms with van der Waals surface area (Å²) in [7, 11) is 1.33. The fraction of sp³-hybridized carbons (Fsp3) is 0.250. The summed E-state index contributed by atoms with van der Waals surface area (Å²) in [5, 5.41) is 3.90. The number of carbonyl (C=O) groups is 1. The molecule has 0 spiro atoms. The van der Waals surface area contributed by atoms with Gasteiger partial charge in [-0.2, -0.15) is 0 Å². The number of hydrogen-bond donors (Lipinski definition) is 0. The highest BCUT2D eigenvalue weighted by molar-refractivity contribution is 5.90. The predicted octanol–water partition coefficient (Wildman–Crippen LogP) is 3.23. The molecule has 2 aromatic rings. The third kappa shape index (κ3) is 3.72. The van der Waals surface area contributed by atoms with Gasteiger partial charge in [-0.05, 0) is 31.0 Å². The molecule has 0 aliphatic rings. The molecule has 110 valence electrons. The lowest BCUT2D eigenvalue weighted by molar-refractivity contribution is 0.0599. The Labute approximate surface area is 123 Å². The molecule has 1 aromatic heterocycles. The number of nitrogens with zero attached hydrogens (tertiary/aromatic N) is 1. The minimum Gasteiger partial charge on any atom is -0.465 e. The summed E-state index contributed by atoms with van der Waals surface area (Å²) < 4.78 is 10.1. The van der Waals surface area contributed by atoms with Crippen LogP contribution in [-0.4, -0.2) is 19.3 Å². The van der Waals surface area contributed by atoms with Gasteiger partial charge in [-0.1, -0.05) is 29.4 Å². The molecule has 0 unspecified atom stereocenters. The van der Waals surface area contributed by atoms with Gasteiger partial charge in [-0.25, -0.2) is 4.79 Å². The Balaban J connectivity index is 1.95. The largest absolute Gasteiger partial charge is 0.465 e. The highest BCUT2D eigenvalue weighted by Gasteiger charge is 2.15. The first-order chi connectivity index (χ1) is 10.1. The number of furan rings is 1. The monoisotopic (exact) mass is 287 g/mol. The summed E-state index contributed by atoms with van der Waals surface area (Å²) in [6, 6.07) is 9.46. The standard InChI is InChI=1S/C16H17NO4/c1-11-6-4-5-7-13(11)9-17-20-10-14-8-15(12(2)21-14)16(18)19-3/h4-9H,10H2,1-3H3/b17-9-. The van der Waals surface area contributed by atoms with E-state index in [2.05, 4.69) is 9.89 Å². The van der Waals surface area contributed by atoms with Crippen molar-refractivity contribution in [3.05, 3.63) is 58.5 Å². The lowest BCUT2D eigenvalue weighted by Crippen LogP contribution is -2.00. The first kappa shape index (κ1) is 14.8. The molecule has 21 heavy (non-hydrogen) atoms. The second kappa shape index (κ2) is 6.74. The van der Waals surface area contributed by atoms with E-state index in [0.29, 0.717) is 17.1 Å². The van der Waals surface area contributed by atoms with Crippen LogP contribution >= 0.6 is 0 Å². The van der Waals surface area contributed by atoms with E-state index in [4.69, 9.17) is 9.25 Å². The molecule has 0 amide bonds. The third-order valence-corrected chi connectivity index (χ3v) is 3.04. The minimum atomic E-state index is -0.425. The molecule has 0 bridgehead atoms. The molecular formula is C16H17NO4. The Kier molecular flexibility index (Phi) is 4.77. The van der Waals surface area contributed by atoms with Gasteiger partial charge in [0, 0.05) is 0 Å². The van der Waals surface area contributed by atoms with Crippen LogP contribution in [0.5, 0.6) is 0 Å². The van der Waals surface area contributed by atoms with E-state index < -0.39 is 5.97 Å². The lowest BCUT2D eigenvalue weighted by atomic mass is 10.1. The van der Waals surface area contributed by atoms with Crippen LogP contribution in [0.3, 0.4) is 0 Å². The van der Waals surface area contributed by atoms with E-state index in [9.17, 15) is 4.79 Å². The maximum Gasteiger partial charge on any atom is 0.341 e. The molecule has 0 saturated heterocycles. The quantitative estimate of drug-likeness (QED) is 0.481. The number of benzene rings is 1. The van der Waals surface area contributed by atoms with Crippen molar-refractivity contribution in [3.63, 3.8) is 0 Å². The average Bonchev–Trinajstić information content (AvgIpc) is 2.85. The molecule has 1 heterocycles. The highest BCUT2D eigenvalue weighted by atomic mass is 16.6. The fourth-order valence-corrected chi connectivity index (χ4v) is 1.85. The number of ether oxygens (including phenoxy) is 1. The number of esters is 1. The molecule has 1 aromatic carbocycles. The Bertz CT molecular complexity index is 658. The Morgan fingerprint density at radius 1 is 1.33 bits per heavy atom. The predicted molar refractivity (Wildman–Crippen MR) is 78.3 cm³/mol. The number of rotatable bonds is 5. The van der Waals surface area contributed by atoms with E-state index in [1.807, 2.05) is 31.2 Å². The zero-order valence-electron chi connectivity index (χ0n) is 12.3. The van der Waals surface area contributed by atoms with E-state index in [1.165, 1.54) is 7.11 Å². The van der Waals surface area contributed by atoms with Crippen molar-refractivity contribution in [3.8, 4) is 0 Å². The maximum absolute atomic E-state index is 11.4. The van der Waals surface area contributed by atoms with Crippen LogP contribution in [0.25, 0.3) is 0 Å². The van der Waals surface area contributed by atoms with Crippen LogP contribution in [-0.2, 0) is 16.2 Å². The third-order valence-electron chi connectivity index (χ3n) is 3.04. The van der Waals surface area contributed by atoms with Crippen LogP contribution in [0.15, 0.2) is 39.9 Å². The summed E-state index contributed by atoms with van der Waals surface area (Å²) in [5.41, 5.74) is 2.51. The van der Waals surface area contributed by atoms with Crippen molar-refractivity contribution in [2.24, 2.45) is 5.16 Å². The van der Waals surface area contributed by atoms with Crippen molar-refractivity contribution >= 4 is 12.2 Å². The van der Waals surface area contributed by atoms with Gasteiger partial charge in [0.15, 0.2) is 6.61 Å². The first-order valence-electron chi connectivity index (χ1n) is 6.50. The number of aryl methyl sites for hydroxylation is 2. The molecular weight excluding hydrogens is 270 g/mol. The van der Waals surface area contributed by atoms with Gasteiger partial charge in [0.2, 0.25) is 0 Å². The van der Waals surface area contributed by atoms with Gasteiger partial charge in [-0.15, -0.1) is 0 Å². The SMILES string of the molecule is COC(=O)c1cc(CO/N=C\c2ccccc2C)oc1C. The molecule has 5 heteroatoms. The summed E-state index contributed by atoms with van der Waals surface area (Å²) >= 11 is 0. The molecule has 0 radical (unpaired) electrons. The van der Waals surface area contributed by atoms with E-state index in [-0.39, 0.29) is 6.61 Å². The normalized spacial score (nSPS) is 10.8. The molecule has 2 rings (SSSR count). The summed E-state index contributed by atoms with van der Waals surface area (Å²) in [6.07, 6.45) is 1.65. The van der Waals surface area contributed by atoms with Crippen molar-refractivity contribution in [2.75, 3.05) is 7.11 Å². The number of oxime groups is 1. The van der Waals surface area contributed by atoms with Gasteiger partial charge in [0.1, 0.15) is 17.1 Å². The first-order valence-corrected chi connectivity index (χ1v) is 6.50. The Hall–Kier alpha value is -2.56. The topological polar surface area (TPSA) is 61.0 Å². The molecule has 0 fully saturated rings. The molecule has 0 aliphatic carbocycles. The highest BCUT2D eigenvalue weighted by Crippen LogP contribution is 2.16. The maximum atomic E-state index is 11.4. The second-order valence-electron chi connectivity index (χ2n) is 4.54. The van der Waals surface area contributed by atoms with E-state index in [0.717, 1.165) is 11.1 Å². The fourth-order valence-electron chi connectivity index (χ4n) is 1.85. The second-order valence-corrected chi connectivity index (χ2v) is 4.54. The number of carbonyl (C=O) groups excluding carboxylic acids is 1. The zero-order valence-corrected chi connectivity index (χ0v) is 12.3. The van der Waals surface area contributed by atoms with Crippen LogP contribution in [0, 0.1) is 13.8 Å². The van der Waals surface area contributed by atoms with Crippen molar-refractivity contribution < 1.29 is 18.8 Å². The van der Waals surface area contributed by atoms with Crippen LogP contribution in [0.2, 0.25) is 0 Å². The Morgan fingerprint density at radius 2 is 2.10 bits per heavy atom. The van der Waals surface area contributed by atoms with Gasteiger partial charge in [0.05, 0.1) is 13.3 Å². The van der Waals surface area contributed by atoms with Crippen LogP contribution < -0.4 is 0 Å². The van der Waals surface area contributed by atoms with Crippen molar-refractivity contribution in [2.45, 2.75) is 20.5 Å². The Morgan fingerprint density at radius 3 is 2.81 bits per heavy atom. The summed E-state index contributed by atoms with van der Waals surface area (Å²) in [4.78, 5) is 16.6. The van der Waals surface area contributed by atoms with Gasteiger partial charge in [-0.3, -0.25) is 0 Å². The van der Waals surface area contributed by atoms with Crippen molar-refractivity contribution in [1.29, 1.82) is 0 Å². The summed E-state index contributed by atoms with van der Waals surface area (Å²) in [5.74, 6) is 0.601. The van der Waals surface area contributed by atoms with E-state index in [1.54, 1.807) is 19.2 Å². The molecule has 0 atom stereocenters. The van der Waals surface area contributed by atoms with Gasteiger partial charge < -0.3 is 14.0 Å². The van der Waals surface area contributed by atoms with Crippen molar-refractivity contribution in [1.82, 2.24) is 0 Å². The average molecular weight is 287 g/mol. The molecule has 0 aliphatic heterocycles. The van der Waals surface area contributed by atoms with Crippen LogP contribution in [0.4, 0.5) is 0 Å². The summed E-state index contributed by atoms with van der Waals surface area (Å²) in [6.45, 7) is 3.85. The van der Waals surface area contributed by atoms with Gasteiger partial charge >= 0.3 is 5.97 Å². The van der Waals surface area contributed by atoms with Crippen LogP contribution in [0.1, 0.15) is 33.0 Å². The number of hydrogen-bond acceptors (Lipinski definition) is 5. The molecule has 0 N–H and O–H groups in total. The lowest BCUT2D eigenvalue weighted by Gasteiger charge is -1.98. The van der Waals surface area contributed by atoms with E-state index >= 15 is 0 Å². The molecule has 5 nitrogen and oxygen atoms in total. The zero-order chi connectivity index (χ0) is 15.2. The smallest absolute Gasteiger partial charge is 0.341 e.